The monoisotopic (exact) mass is 196 g/mol. The highest BCUT2D eigenvalue weighted by Crippen LogP contribution is 2.37. The van der Waals surface area contributed by atoms with Crippen LogP contribution >= 0.6 is 0 Å². The number of nitrogens with one attached hydrogen (secondary N) is 1. The molecule has 1 N–H and O–H groups in total. The standard InChI is InChI=1S/C12H24N2/c1-4-12(3)9-14(5-2)11(8-13-12)10-6-7-10/h10-11,13H,4-9H2,1-3H3. The van der Waals surface area contributed by atoms with Gasteiger partial charge in [-0.15, -0.1) is 0 Å². The van der Waals surface area contributed by atoms with Crippen LogP contribution < -0.4 is 5.32 Å². The van der Waals surface area contributed by atoms with Gasteiger partial charge in [0.1, 0.15) is 0 Å². The van der Waals surface area contributed by atoms with E-state index in [2.05, 4.69) is 31.0 Å². The molecule has 1 heterocycles. The van der Waals surface area contributed by atoms with Gasteiger partial charge in [-0.25, -0.2) is 0 Å². The van der Waals surface area contributed by atoms with Gasteiger partial charge in [-0.05, 0) is 38.6 Å². The van der Waals surface area contributed by atoms with Gasteiger partial charge in [0.15, 0.2) is 0 Å². The fourth-order valence-electron chi connectivity index (χ4n) is 2.63. The van der Waals surface area contributed by atoms with Crippen LogP contribution in [0.15, 0.2) is 0 Å². The first-order valence-electron chi connectivity index (χ1n) is 6.17. The Morgan fingerprint density at radius 2 is 2.07 bits per heavy atom. The molecule has 82 valence electrons. The van der Waals surface area contributed by atoms with Crippen molar-refractivity contribution in [2.75, 3.05) is 19.6 Å². The van der Waals surface area contributed by atoms with Gasteiger partial charge in [-0.2, -0.15) is 0 Å². The summed E-state index contributed by atoms with van der Waals surface area (Å²) in [5.74, 6) is 1.00. The van der Waals surface area contributed by atoms with Gasteiger partial charge < -0.3 is 5.32 Å². The summed E-state index contributed by atoms with van der Waals surface area (Å²) in [4.78, 5) is 2.69. The predicted molar refractivity (Wildman–Crippen MR) is 60.5 cm³/mol. The molecule has 0 radical (unpaired) electrons. The summed E-state index contributed by atoms with van der Waals surface area (Å²) < 4.78 is 0. The number of hydrogen-bond donors (Lipinski definition) is 1. The summed E-state index contributed by atoms with van der Waals surface area (Å²) in [6.07, 6.45) is 4.16. The molecule has 1 aliphatic carbocycles. The zero-order valence-electron chi connectivity index (χ0n) is 9.84. The highest BCUT2D eigenvalue weighted by atomic mass is 15.3. The van der Waals surface area contributed by atoms with E-state index in [9.17, 15) is 0 Å². The molecule has 2 fully saturated rings. The van der Waals surface area contributed by atoms with Gasteiger partial charge in [-0.1, -0.05) is 13.8 Å². The van der Waals surface area contributed by atoms with Crippen LogP contribution in [0.5, 0.6) is 0 Å². The Kier molecular flexibility index (Phi) is 2.85. The van der Waals surface area contributed by atoms with Crippen LogP contribution in [0.3, 0.4) is 0 Å². The lowest BCUT2D eigenvalue weighted by Crippen LogP contribution is -2.63. The van der Waals surface area contributed by atoms with Crippen LogP contribution in [-0.4, -0.2) is 36.1 Å². The molecule has 0 amide bonds. The number of piperazine rings is 1. The quantitative estimate of drug-likeness (QED) is 0.741. The van der Waals surface area contributed by atoms with Gasteiger partial charge in [0, 0.05) is 24.7 Å². The highest BCUT2D eigenvalue weighted by molar-refractivity contribution is 4.99. The molecule has 14 heavy (non-hydrogen) atoms. The van der Waals surface area contributed by atoms with E-state index in [-0.39, 0.29) is 0 Å². The maximum absolute atomic E-state index is 3.74. The first-order chi connectivity index (χ1) is 6.68. The molecule has 0 aromatic carbocycles. The minimum absolute atomic E-state index is 0.363. The summed E-state index contributed by atoms with van der Waals surface area (Å²) in [5.41, 5.74) is 0.363. The molecule has 0 aromatic rings. The third-order valence-electron chi connectivity index (χ3n) is 4.11. The fourth-order valence-corrected chi connectivity index (χ4v) is 2.63. The maximum Gasteiger partial charge on any atom is 0.0278 e. The van der Waals surface area contributed by atoms with E-state index in [0.717, 1.165) is 12.0 Å². The first kappa shape index (κ1) is 10.4. The van der Waals surface area contributed by atoms with Crippen LogP contribution in [-0.2, 0) is 0 Å². The van der Waals surface area contributed by atoms with E-state index in [0.29, 0.717) is 5.54 Å². The third kappa shape index (κ3) is 1.96. The van der Waals surface area contributed by atoms with E-state index in [1.165, 1.54) is 38.9 Å². The minimum atomic E-state index is 0.363. The second kappa shape index (κ2) is 3.82. The van der Waals surface area contributed by atoms with Gasteiger partial charge in [0.2, 0.25) is 0 Å². The van der Waals surface area contributed by atoms with Crippen LogP contribution in [0.2, 0.25) is 0 Å². The zero-order chi connectivity index (χ0) is 10.2. The van der Waals surface area contributed by atoms with E-state index in [1.807, 2.05) is 0 Å². The highest BCUT2D eigenvalue weighted by Gasteiger charge is 2.41. The van der Waals surface area contributed by atoms with Crippen molar-refractivity contribution >= 4 is 0 Å². The Bertz CT molecular complexity index is 200. The van der Waals surface area contributed by atoms with E-state index in [1.54, 1.807) is 0 Å². The molecule has 0 bridgehead atoms. The van der Waals surface area contributed by atoms with Crippen LogP contribution in [0.1, 0.15) is 40.0 Å². The molecule has 1 saturated heterocycles. The molecule has 2 rings (SSSR count). The molecule has 1 aliphatic heterocycles. The number of rotatable bonds is 3. The van der Waals surface area contributed by atoms with Crippen molar-refractivity contribution in [3.8, 4) is 0 Å². The molecule has 2 aliphatic rings. The Morgan fingerprint density at radius 3 is 2.57 bits per heavy atom. The first-order valence-corrected chi connectivity index (χ1v) is 6.17. The summed E-state index contributed by atoms with van der Waals surface area (Å²) in [6.45, 7) is 10.6. The van der Waals surface area contributed by atoms with Crippen molar-refractivity contribution < 1.29 is 0 Å². The molecule has 2 nitrogen and oxygen atoms in total. The SMILES string of the molecule is CCN1CC(C)(CC)NCC1C1CC1. The molecule has 2 unspecified atom stereocenters. The van der Waals surface area contributed by atoms with Crippen molar-refractivity contribution in [1.82, 2.24) is 10.2 Å². The summed E-state index contributed by atoms with van der Waals surface area (Å²) >= 11 is 0. The summed E-state index contributed by atoms with van der Waals surface area (Å²) in [7, 11) is 0. The fraction of sp³-hybridized carbons (Fsp3) is 1.00. The Morgan fingerprint density at radius 1 is 1.36 bits per heavy atom. The molecular formula is C12H24N2. The average Bonchev–Trinajstić information content (AvgIpc) is 3.01. The lowest BCUT2D eigenvalue weighted by Gasteiger charge is -2.46. The number of nitrogens with zero attached hydrogens (tertiary/aromatic N) is 1. The number of likely N-dealkylation sites (N-methyl/N-ethyl adjacent to an activating group) is 1. The summed E-state index contributed by atoms with van der Waals surface area (Å²) in [6, 6.07) is 0.833. The number of hydrogen-bond acceptors (Lipinski definition) is 2. The van der Waals surface area contributed by atoms with Crippen molar-refractivity contribution in [3.05, 3.63) is 0 Å². The zero-order valence-corrected chi connectivity index (χ0v) is 9.84. The molecule has 2 atom stereocenters. The normalized spacial score (nSPS) is 40.1. The molecule has 0 aromatic heterocycles. The second-order valence-electron chi connectivity index (χ2n) is 5.26. The molecular weight excluding hydrogens is 172 g/mol. The van der Waals surface area contributed by atoms with Crippen LogP contribution in [0.25, 0.3) is 0 Å². The average molecular weight is 196 g/mol. The topological polar surface area (TPSA) is 15.3 Å². The van der Waals surface area contributed by atoms with Crippen LogP contribution in [0.4, 0.5) is 0 Å². The predicted octanol–water partition coefficient (Wildman–Crippen LogP) is 1.86. The van der Waals surface area contributed by atoms with Gasteiger partial charge in [0.05, 0.1) is 0 Å². The second-order valence-corrected chi connectivity index (χ2v) is 5.26. The smallest absolute Gasteiger partial charge is 0.0278 e. The van der Waals surface area contributed by atoms with Gasteiger partial charge >= 0.3 is 0 Å². The Balaban J connectivity index is 1.98. The Labute approximate surface area is 88.1 Å². The van der Waals surface area contributed by atoms with Gasteiger partial charge in [-0.3, -0.25) is 4.90 Å². The van der Waals surface area contributed by atoms with E-state index in [4.69, 9.17) is 0 Å². The lowest BCUT2D eigenvalue weighted by molar-refractivity contribution is 0.0779. The van der Waals surface area contributed by atoms with Crippen molar-refractivity contribution in [2.45, 2.75) is 51.6 Å². The maximum atomic E-state index is 3.74. The van der Waals surface area contributed by atoms with Crippen LogP contribution in [0, 0.1) is 5.92 Å². The van der Waals surface area contributed by atoms with Crippen molar-refractivity contribution in [3.63, 3.8) is 0 Å². The molecule has 1 saturated carbocycles. The summed E-state index contributed by atoms with van der Waals surface area (Å²) in [5, 5.41) is 3.74. The minimum Gasteiger partial charge on any atom is -0.309 e. The lowest BCUT2D eigenvalue weighted by atomic mass is 9.92. The molecule has 0 spiro atoms. The van der Waals surface area contributed by atoms with Gasteiger partial charge in [0.25, 0.3) is 0 Å². The van der Waals surface area contributed by atoms with E-state index >= 15 is 0 Å². The Hall–Kier alpha value is -0.0800. The van der Waals surface area contributed by atoms with Crippen molar-refractivity contribution in [1.29, 1.82) is 0 Å². The third-order valence-corrected chi connectivity index (χ3v) is 4.11. The van der Waals surface area contributed by atoms with Crippen molar-refractivity contribution in [2.24, 2.45) is 5.92 Å². The van der Waals surface area contributed by atoms with E-state index < -0.39 is 0 Å². The molecule has 2 heteroatoms. The largest absolute Gasteiger partial charge is 0.309 e.